The Balaban J connectivity index is 0.000000665. The molecule has 0 saturated carbocycles. The minimum absolute atomic E-state index is 0.101. The molecule has 17 nitrogen and oxygen atoms in total. The highest BCUT2D eigenvalue weighted by molar-refractivity contribution is 8.02. The lowest BCUT2D eigenvalue weighted by Gasteiger charge is -2.50. The van der Waals surface area contributed by atoms with E-state index in [0.29, 0.717) is 54.4 Å². The van der Waals surface area contributed by atoms with Gasteiger partial charge < -0.3 is 46.9 Å². The van der Waals surface area contributed by atoms with Crippen LogP contribution in [0.15, 0.2) is 44.4 Å². The molecule has 2 amide bonds. The van der Waals surface area contributed by atoms with E-state index in [0.717, 1.165) is 23.3 Å². The topological polar surface area (TPSA) is 270 Å². The lowest BCUT2D eigenvalue weighted by molar-refractivity contribution is -0.213. The number of hydrogen-bond acceptors (Lipinski definition) is 16. The van der Waals surface area contributed by atoms with Crippen LogP contribution in [0.25, 0.3) is 0 Å². The number of carbonyl (C=O) groups excluding carboxylic acids is 3. The van der Waals surface area contributed by atoms with Gasteiger partial charge in [0.1, 0.15) is 29.4 Å². The van der Waals surface area contributed by atoms with Gasteiger partial charge >= 0.3 is 0 Å². The summed E-state index contributed by atoms with van der Waals surface area (Å²) in [6, 6.07) is 4.46. The van der Waals surface area contributed by atoms with Crippen molar-refractivity contribution >= 4 is 61.0 Å². The maximum absolute atomic E-state index is 12.0. The van der Waals surface area contributed by atoms with E-state index in [1.54, 1.807) is 52.2 Å². The number of ether oxygens (including phenoxy) is 1. The molecule has 274 valence electrons. The molecule has 0 aliphatic carbocycles. The molecule has 1 aromatic rings. The molecule has 3 rings (SSSR count). The van der Waals surface area contributed by atoms with Crippen LogP contribution < -0.4 is 27.3 Å². The Hall–Kier alpha value is -3.56. The van der Waals surface area contributed by atoms with Gasteiger partial charge in [-0.3, -0.25) is 24.4 Å². The second kappa shape index (κ2) is 20.8. The van der Waals surface area contributed by atoms with Gasteiger partial charge in [0.25, 0.3) is 5.91 Å². The first kappa shape index (κ1) is 43.5. The molecule has 2 aliphatic rings. The summed E-state index contributed by atoms with van der Waals surface area (Å²) < 4.78 is 19.1. The van der Waals surface area contributed by atoms with Crippen LogP contribution in [-0.4, -0.2) is 112 Å². The fourth-order valence-electron chi connectivity index (χ4n) is 4.53. The second-order valence-corrected chi connectivity index (χ2v) is 12.4. The molecule has 0 radical (unpaired) electrons. The Bertz CT molecular complexity index is 1360. The van der Waals surface area contributed by atoms with Gasteiger partial charge in [-0.15, -0.1) is 11.8 Å². The molecule has 5 atom stereocenters. The first-order chi connectivity index (χ1) is 23.2. The number of benzene rings is 1. The van der Waals surface area contributed by atoms with Crippen LogP contribution in [0.5, 0.6) is 5.75 Å². The van der Waals surface area contributed by atoms with Gasteiger partial charge in [0, 0.05) is 25.1 Å². The number of β-lactam (4-membered cyclic amide) rings is 1. The third kappa shape index (κ3) is 11.5. The van der Waals surface area contributed by atoms with E-state index >= 15 is 0 Å². The fourth-order valence-corrected chi connectivity index (χ4v) is 5.36. The normalized spacial score (nSPS) is 21.0. The van der Waals surface area contributed by atoms with Crippen LogP contribution in [0.4, 0.5) is 0 Å². The second-order valence-electron chi connectivity index (χ2n) is 11.2. The number of nitrogens with two attached hydrogens (primary N) is 3. The van der Waals surface area contributed by atoms with Crippen molar-refractivity contribution in [1.82, 2.24) is 10.4 Å². The summed E-state index contributed by atoms with van der Waals surface area (Å²) in [5.74, 6) is 0.956. The Kier molecular flexibility index (Phi) is 18.5. The first-order valence-corrected chi connectivity index (χ1v) is 16.6. The molecule has 49 heavy (non-hydrogen) atoms. The summed E-state index contributed by atoms with van der Waals surface area (Å²) in [5, 5.41) is 26.0. The standard InChI is InChI=1S/C23H34N6O4S.C6H10N2O4S.CH4O/c1-14(18(27-4)11-34-13-25)29-33-23(3,12-30)21-8-6-16-9-17(5-7-20(16)32-21)22(26)28-15(2)19(31)10-24;1-6(2)4(7-3-9)5(10)8(6)12-13-11;1-2/h5,7,9,11-12,15,19,21,31H,4,6,8,10,13,24-25H2,1-3H3,(H2,26,28);3-4,11H,1-2H3,(H,7,9);2H,1H3/b18-11-,29-14+;;/t15-,19?,21?,23?;;/m1../s1. The van der Waals surface area contributed by atoms with E-state index in [9.17, 15) is 19.5 Å². The Morgan fingerprint density at radius 3 is 2.53 bits per heavy atom. The van der Waals surface area contributed by atoms with Gasteiger partial charge in [-0.2, -0.15) is 9.35 Å². The summed E-state index contributed by atoms with van der Waals surface area (Å²) in [4.78, 5) is 47.2. The molecule has 0 spiro atoms. The van der Waals surface area contributed by atoms with Gasteiger partial charge in [0.2, 0.25) is 12.0 Å². The van der Waals surface area contributed by atoms with E-state index in [1.807, 2.05) is 6.07 Å². The van der Waals surface area contributed by atoms with Crippen LogP contribution >= 0.6 is 24.1 Å². The smallest absolute Gasteiger partial charge is 0.272 e. The summed E-state index contributed by atoms with van der Waals surface area (Å²) >= 11 is 1.45. The SMILES string of the molecule is C=NC(=C\SCN)/C(C)=N/OC(C)(C=O)C1CCc2cc(C(N)=N[C@H](C)C(O)CN)ccc2O1.CC1(C)C(NC=O)C(=O)N1OSO.CO. The van der Waals surface area contributed by atoms with Crippen LogP contribution in [0.1, 0.15) is 52.2 Å². The maximum Gasteiger partial charge on any atom is 0.272 e. The van der Waals surface area contributed by atoms with Crippen LogP contribution in [-0.2, 0) is 29.9 Å². The number of fused-ring (bicyclic) bond motifs is 1. The first-order valence-electron chi connectivity index (χ1n) is 14.9. The van der Waals surface area contributed by atoms with E-state index in [4.69, 9.17) is 36.4 Å². The van der Waals surface area contributed by atoms with E-state index in [1.165, 1.54) is 11.8 Å². The largest absolute Gasteiger partial charge is 0.485 e. The Morgan fingerprint density at radius 1 is 1.33 bits per heavy atom. The third-order valence-corrected chi connectivity index (χ3v) is 8.34. The van der Waals surface area contributed by atoms with Gasteiger partial charge in [-0.25, -0.2) is 0 Å². The minimum Gasteiger partial charge on any atom is -0.485 e. The predicted molar refractivity (Wildman–Crippen MR) is 191 cm³/mol. The fraction of sp³-hybridized carbons (Fsp3) is 0.533. The quantitative estimate of drug-likeness (QED) is 0.0235. The average Bonchev–Trinajstić information content (AvgIpc) is 3.12. The van der Waals surface area contributed by atoms with Crippen molar-refractivity contribution in [3.63, 3.8) is 0 Å². The summed E-state index contributed by atoms with van der Waals surface area (Å²) in [5.41, 5.74) is 17.8. The molecule has 4 unspecified atom stereocenters. The number of nitrogens with one attached hydrogen (secondary N) is 1. The number of hydrogen-bond donors (Lipinski definition) is 7. The Labute approximate surface area is 294 Å². The zero-order valence-corrected chi connectivity index (χ0v) is 30.1. The molecule has 1 aromatic carbocycles. The lowest BCUT2D eigenvalue weighted by Crippen LogP contribution is -2.75. The van der Waals surface area contributed by atoms with Crippen molar-refractivity contribution < 1.29 is 43.0 Å². The van der Waals surface area contributed by atoms with Crippen molar-refractivity contribution in [2.45, 2.75) is 82.9 Å². The third-order valence-electron chi connectivity index (χ3n) is 7.55. The van der Waals surface area contributed by atoms with Gasteiger partial charge in [0.15, 0.2) is 18.6 Å². The van der Waals surface area contributed by atoms with Crippen molar-refractivity contribution in [1.29, 1.82) is 0 Å². The van der Waals surface area contributed by atoms with Crippen molar-refractivity contribution in [2.24, 2.45) is 32.3 Å². The number of aliphatic hydroxyl groups is 2. The number of amidine groups is 1. The monoisotopic (exact) mass is 728 g/mol. The zero-order valence-electron chi connectivity index (χ0n) is 28.4. The highest BCUT2D eigenvalue weighted by Crippen LogP contribution is 2.34. The van der Waals surface area contributed by atoms with Crippen molar-refractivity contribution in [2.75, 3.05) is 19.5 Å². The number of aldehydes is 1. The van der Waals surface area contributed by atoms with Crippen LogP contribution in [0, 0.1) is 0 Å². The number of nitrogens with zero attached hydrogens (tertiary/aromatic N) is 4. The number of oxime groups is 1. The molecular formula is C30H48N8O9S2. The number of amides is 2. The number of rotatable bonds is 16. The molecule has 1 saturated heterocycles. The average molecular weight is 729 g/mol. The number of carbonyl (C=O) groups is 3. The molecule has 2 heterocycles. The van der Waals surface area contributed by atoms with Crippen LogP contribution in [0.3, 0.4) is 0 Å². The number of aliphatic hydroxyl groups excluding tert-OH is 2. The predicted octanol–water partition coefficient (Wildman–Crippen LogP) is 0.718. The number of aryl methyl sites for hydroxylation is 1. The highest BCUT2D eigenvalue weighted by atomic mass is 32.2. The molecule has 2 aliphatic heterocycles. The molecule has 0 bridgehead atoms. The molecule has 0 aromatic heterocycles. The van der Waals surface area contributed by atoms with E-state index in [-0.39, 0.29) is 24.8 Å². The molecule has 19 heteroatoms. The number of hydroxylamine groups is 2. The van der Waals surface area contributed by atoms with Crippen molar-refractivity contribution in [3.05, 3.63) is 40.4 Å². The summed E-state index contributed by atoms with van der Waals surface area (Å²) in [7, 11) is 1.00. The number of thioether (sulfide) groups is 1. The number of allylic oxidation sites excluding steroid dienone is 1. The summed E-state index contributed by atoms with van der Waals surface area (Å²) in [6.07, 6.45) is 1.03. The molecule has 10 N–H and O–H groups in total. The molecule has 1 fully saturated rings. The van der Waals surface area contributed by atoms with Crippen molar-refractivity contribution in [3.8, 4) is 5.75 Å². The minimum atomic E-state index is -1.31. The van der Waals surface area contributed by atoms with Gasteiger partial charge in [0.05, 0.1) is 23.4 Å². The van der Waals surface area contributed by atoms with E-state index < -0.39 is 35.4 Å². The van der Waals surface area contributed by atoms with Gasteiger partial charge in [-0.1, -0.05) is 5.16 Å². The lowest BCUT2D eigenvalue weighted by atomic mass is 9.85. The van der Waals surface area contributed by atoms with Gasteiger partial charge in [-0.05, 0) is 83.3 Å². The summed E-state index contributed by atoms with van der Waals surface area (Å²) in [6.45, 7) is 12.2. The highest BCUT2D eigenvalue weighted by Gasteiger charge is 2.56. The number of aliphatic imine (C=N–C) groups is 2. The zero-order chi connectivity index (χ0) is 37.4. The van der Waals surface area contributed by atoms with Crippen LogP contribution in [0.2, 0.25) is 0 Å². The van der Waals surface area contributed by atoms with E-state index in [2.05, 4.69) is 31.5 Å². The maximum atomic E-state index is 12.0. The molecular weight excluding hydrogens is 681 g/mol. The Morgan fingerprint density at radius 2 is 2.00 bits per heavy atom.